The second-order valence-corrected chi connectivity index (χ2v) is 11.9. The number of aromatic amines is 2. The van der Waals surface area contributed by atoms with Crippen LogP contribution in [-0.2, 0) is 14.6 Å². The van der Waals surface area contributed by atoms with Crippen molar-refractivity contribution in [1.29, 1.82) is 0 Å². The summed E-state index contributed by atoms with van der Waals surface area (Å²) in [5.74, 6) is -0.337. The molecule has 0 bridgehead atoms. The SMILES string of the molecule is CCC(=O)Nc1cncc(-c2cc3c(-c4nc5c(-c6cc(F)cc(C(N)S(C)(=O)=O)c6)cncc5[nH]4)n[nH]c3cn2)c1. The molecule has 0 spiro atoms. The van der Waals surface area contributed by atoms with Gasteiger partial charge in [0.2, 0.25) is 5.91 Å². The van der Waals surface area contributed by atoms with Gasteiger partial charge >= 0.3 is 0 Å². The minimum absolute atomic E-state index is 0.117. The highest BCUT2D eigenvalue weighted by Gasteiger charge is 2.21. The smallest absolute Gasteiger partial charge is 0.224 e. The van der Waals surface area contributed by atoms with E-state index in [1.807, 2.05) is 6.07 Å². The van der Waals surface area contributed by atoms with E-state index in [1.165, 1.54) is 18.3 Å². The number of carbonyl (C=O) groups is 1. The van der Waals surface area contributed by atoms with Gasteiger partial charge in [0.15, 0.2) is 15.7 Å². The predicted octanol–water partition coefficient (Wildman–Crippen LogP) is 4.11. The highest BCUT2D eigenvalue weighted by Crippen LogP contribution is 2.33. The third kappa shape index (κ3) is 5.08. The fourth-order valence-electron chi connectivity index (χ4n) is 4.59. The van der Waals surface area contributed by atoms with Gasteiger partial charge in [-0.05, 0) is 41.5 Å². The average molecular weight is 586 g/mol. The first kappa shape index (κ1) is 27.1. The molecule has 5 N–H and O–H groups in total. The van der Waals surface area contributed by atoms with Gasteiger partial charge in [0.1, 0.15) is 16.9 Å². The first-order chi connectivity index (χ1) is 20.1. The number of fused-ring (bicyclic) bond motifs is 2. The van der Waals surface area contributed by atoms with E-state index in [0.717, 1.165) is 17.7 Å². The zero-order valence-electron chi connectivity index (χ0n) is 22.4. The highest BCUT2D eigenvalue weighted by molar-refractivity contribution is 7.90. The Bertz CT molecular complexity index is 2110. The second kappa shape index (κ2) is 10.4. The number of hydrogen-bond donors (Lipinski definition) is 4. The molecule has 0 fully saturated rings. The first-order valence-corrected chi connectivity index (χ1v) is 14.7. The van der Waals surface area contributed by atoms with Crippen LogP contribution >= 0.6 is 0 Å². The van der Waals surface area contributed by atoms with E-state index in [-0.39, 0.29) is 11.5 Å². The Balaban J connectivity index is 1.42. The van der Waals surface area contributed by atoms with E-state index < -0.39 is 21.0 Å². The molecule has 5 heterocycles. The quantitative estimate of drug-likeness (QED) is 0.214. The number of imidazole rings is 1. The van der Waals surface area contributed by atoms with Crippen LogP contribution < -0.4 is 11.1 Å². The number of nitrogens with zero attached hydrogens (tertiary/aromatic N) is 5. The zero-order chi connectivity index (χ0) is 29.6. The largest absolute Gasteiger partial charge is 0.335 e. The molecule has 0 aliphatic heterocycles. The first-order valence-electron chi connectivity index (χ1n) is 12.8. The van der Waals surface area contributed by atoms with Gasteiger partial charge < -0.3 is 16.0 Å². The number of benzene rings is 1. The maximum absolute atomic E-state index is 14.6. The summed E-state index contributed by atoms with van der Waals surface area (Å²) in [6, 6.07) is 7.52. The van der Waals surface area contributed by atoms with Crippen molar-refractivity contribution in [3.63, 3.8) is 0 Å². The third-order valence-electron chi connectivity index (χ3n) is 6.73. The summed E-state index contributed by atoms with van der Waals surface area (Å²) in [5.41, 5.74) is 11.0. The topological polar surface area (TPSA) is 185 Å². The number of amides is 1. The Morgan fingerprint density at radius 3 is 2.62 bits per heavy atom. The predicted molar refractivity (Wildman–Crippen MR) is 156 cm³/mol. The van der Waals surface area contributed by atoms with Gasteiger partial charge in [-0.3, -0.25) is 24.8 Å². The van der Waals surface area contributed by atoms with E-state index >= 15 is 0 Å². The Morgan fingerprint density at radius 1 is 1.02 bits per heavy atom. The summed E-state index contributed by atoms with van der Waals surface area (Å²) in [5, 5.41) is 9.55. The summed E-state index contributed by atoms with van der Waals surface area (Å²) < 4.78 is 38.6. The third-order valence-corrected chi connectivity index (χ3v) is 7.92. The molecule has 0 aliphatic carbocycles. The molecule has 0 saturated carbocycles. The van der Waals surface area contributed by atoms with Gasteiger partial charge in [0.05, 0.1) is 46.5 Å². The molecule has 0 saturated heterocycles. The molecule has 1 atom stereocenters. The molecule has 1 unspecified atom stereocenters. The lowest BCUT2D eigenvalue weighted by atomic mass is 10.0. The van der Waals surface area contributed by atoms with Crippen LogP contribution in [0.3, 0.4) is 0 Å². The lowest BCUT2D eigenvalue weighted by Gasteiger charge is -2.12. The average Bonchev–Trinajstić information content (AvgIpc) is 3.59. The lowest BCUT2D eigenvalue weighted by molar-refractivity contribution is -0.115. The molecule has 42 heavy (non-hydrogen) atoms. The van der Waals surface area contributed by atoms with E-state index in [2.05, 4.69) is 35.5 Å². The minimum atomic E-state index is -3.66. The number of rotatable bonds is 7. The van der Waals surface area contributed by atoms with Gasteiger partial charge in [-0.25, -0.2) is 17.8 Å². The van der Waals surface area contributed by atoms with Gasteiger partial charge in [0.25, 0.3) is 0 Å². The fraction of sp³-hybridized carbons (Fsp3) is 0.143. The number of anilines is 1. The summed E-state index contributed by atoms with van der Waals surface area (Å²) in [4.78, 5) is 32.8. The number of halogens is 1. The van der Waals surface area contributed by atoms with Gasteiger partial charge in [0, 0.05) is 41.6 Å². The van der Waals surface area contributed by atoms with Crippen molar-refractivity contribution in [3.8, 4) is 33.9 Å². The molecule has 1 amide bonds. The van der Waals surface area contributed by atoms with Crippen LogP contribution in [0.2, 0.25) is 0 Å². The molecule has 0 radical (unpaired) electrons. The number of H-pyrrole nitrogens is 2. The molecule has 0 aliphatic rings. The molecule has 14 heteroatoms. The van der Waals surface area contributed by atoms with Crippen molar-refractivity contribution in [3.05, 3.63) is 72.7 Å². The molecular weight excluding hydrogens is 561 g/mol. The maximum Gasteiger partial charge on any atom is 0.224 e. The van der Waals surface area contributed by atoms with Crippen LogP contribution in [0, 0.1) is 5.82 Å². The van der Waals surface area contributed by atoms with E-state index in [4.69, 9.17) is 10.7 Å². The number of aromatic nitrogens is 7. The Morgan fingerprint density at radius 2 is 1.83 bits per heavy atom. The summed E-state index contributed by atoms with van der Waals surface area (Å²) in [6.07, 6.45) is 9.31. The van der Waals surface area contributed by atoms with Crippen molar-refractivity contribution >= 4 is 43.4 Å². The normalized spacial score (nSPS) is 12.6. The molecule has 1 aromatic carbocycles. The van der Waals surface area contributed by atoms with Crippen LogP contribution in [-0.4, -0.2) is 55.7 Å². The monoisotopic (exact) mass is 585 g/mol. The van der Waals surface area contributed by atoms with Crippen molar-refractivity contribution < 1.29 is 17.6 Å². The van der Waals surface area contributed by atoms with Crippen molar-refractivity contribution in [2.75, 3.05) is 11.6 Å². The van der Waals surface area contributed by atoms with E-state index in [0.29, 0.717) is 62.6 Å². The lowest BCUT2D eigenvalue weighted by Crippen LogP contribution is -2.20. The number of sulfone groups is 1. The zero-order valence-corrected chi connectivity index (χ0v) is 23.2. The number of nitrogens with two attached hydrogens (primary N) is 1. The second-order valence-electron chi connectivity index (χ2n) is 9.74. The summed E-state index contributed by atoms with van der Waals surface area (Å²) in [6.45, 7) is 1.77. The molecule has 5 aromatic heterocycles. The van der Waals surface area contributed by atoms with Gasteiger partial charge in [-0.1, -0.05) is 6.92 Å². The summed E-state index contributed by atoms with van der Waals surface area (Å²) in [7, 11) is -3.66. The van der Waals surface area contributed by atoms with Crippen molar-refractivity contribution in [1.82, 2.24) is 35.1 Å². The summed E-state index contributed by atoms with van der Waals surface area (Å²) >= 11 is 0. The van der Waals surface area contributed by atoms with Crippen LogP contribution in [0.15, 0.2) is 61.3 Å². The number of pyridine rings is 3. The number of carbonyl (C=O) groups excluding carboxylic acids is 1. The molecule has 6 aromatic rings. The minimum Gasteiger partial charge on any atom is -0.335 e. The Hall–Kier alpha value is -5.08. The number of hydrogen-bond acceptors (Lipinski definition) is 9. The molecule has 6 rings (SSSR count). The Kier molecular flexibility index (Phi) is 6.71. The highest BCUT2D eigenvalue weighted by atomic mass is 32.2. The Labute approximate surface area is 238 Å². The van der Waals surface area contributed by atoms with Gasteiger partial charge in [-0.15, -0.1) is 0 Å². The van der Waals surface area contributed by atoms with Crippen LogP contribution in [0.25, 0.3) is 55.8 Å². The van der Waals surface area contributed by atoms with Crippen LogP contribution in [0.5, 0.6) is 0 Å². The van der Waals surface area contributed by atoms with E-state index in [9.17, 15) is 17.6 Å². The maximum atomic E-state index is 14.6. The fourth-order valence-corrected chi connectivity index (χ4v) is 5.22. The van der Waals surface area contributed by atoms with Crippen molar-refractivity contribution in [2.45, 2.75) is 18.7 Å². The van der Waals surface area contributed by atoms with Crippen LogP contribution in [0.1, 0.15) is 24.3 Å². The number of nitrogens with one attached hydrogen (secondary N) is 3. The van der Waals surface area contributed by atoms with E-state index in [1.54, 1.807) is 37.8 Å². The van der Waals surface area contributed by atoms with Crippen molar-refractivity contribution in [2.24, 2.45) is 5.73 Å². The molecule has 212 valence electrons. The standard InChI is InChI=1S/C28H24FN9O3S/c1-3-24(39)34-18-7-16(9-31-10-18)21-8-19-22(13-33-21)37-38-26(19)28-35-23-12-32-11-20(25(23)36-28)14-4-15(6-17(29)5-14)27(30)42(2,40)41/h4-13,27H,3,30H2,1-2H3,(H,34,39)(H,35,36)(H,37,38). The molecule has 12 nitrogen and oxygen atoms in total. The van der Waals surface area contributed by atoms with Crippen LogP contribution in [0.4, 0.5) is 10.1 Å². The van der Waals surface area contributed by atoms with Gasteiger partial charge in [-0.2, -0.15) is 5.10 Å². The molecular formula is C28H24FN9O3S.